The summed E-state index contributed by atoms with van der Waals surface area (Å²) in [5, 5.41) is 3.28. The lowest BCUT2D eigenvalue weighted by Crippen LogP contribution is -2.47. The highest BCUT2D eigenvalue weighted by atomic mass is 16.5. The van der Waals surface area contributed by atoms with Crippen LogP contribution in [0.15, 0.2) is 0 Å². The van der Waals surface area contributed by atoms with E-state index in [2.05, 4.69) is 5.32 Å². The van der Waals surface area contributed by atoms with Crippen molar-refractivity contribution >= 4 is 5.91 Å². The van der Waals surface area contributed by atoms with Crippen LogP contribution in [-0.4, -0.2) is 49.2 Å². The molecule has 2 saturated heterocycles. The van der Waals surface area contributed by atoms with Gasteiger partial charge in [0, 0.05) is 13.2 Å². The number of ether oxygens (including phenoxy) is 1. The van der Waals surface area contributed by atoms with Crippen molar-refractivity contribution in [2.75, 3.05) is 26.3 Å². The quantitative estimate of drug-likeness (QED) is 0.769. The molecule has 92 valence electrons. The van der Waals surface area contributed by atoms with Gasteiger partial charge in [0.1, 0.15) is 0 Å². The molecule has 2 rings (SSSR count). The van der Waals surface area contributed by atoms with Gasteiger partial charge in [-0.1, -0.05) is 0 Å². The molecule has 2 fully saturated rings. The van der Waals surface area contributed by atoms with Gasteiger partial charge in [0.25, 0.3) is 0 Å². The minimum atomic E-state index is 0.0715. The third kappa shape index (κ3) is 2.55. The molecule has 1 N–H and O–H groups in total. The van der Waals surface area contributed by atoms with Crippen LogP contribution in [0.1, 0.15) is 32.6 Å². The minimum absolute atomic E-state index is 0.0715. The summed E-state index contributed by atoms with van der Waals surface area (Å²) in [6.07, 6.45) is 4.34. The van der Waals surface area contributed by atoms with Gasteiger partial charge >= 0.3 is 0 Å². The van der Waals surface area contributed by atoms with E-state index < -0.39 is 0 Å². The highest BCUT2D eigenvalue weighted by Gasteiger charge is 2.33. The molecule has 2 atom stereocenters. The molecule has 0 aromatic carbocycles. The average molecular weight is 226 g/mol. The van der Waals surface area contributed by atoms with Crippen LogP contribution in [0.5, 0.6) is 0 Å². The Hall–Kier alpha value is -0.610. The van der Waals surface area contributed by atoms with Crippen LogP contribution in [0.25, 0.3) is 0 Å². The fraction of sp³-hybridized carbons (Fsp3) is 0.917. The molecule has 0 aliphatic carbocycles. The van der Waals surface area contributed by atoms with Gasteiger partial charge in [0.2, 0.25) is 5.91 Å². The molecular formula is C12H22N2O2. The number of carbonyl (C=O) groups excluding carboxylic acids is 1. The number of rotatable bonds is 4. The summed E-state index contributed by atoms with van der Waals surface area (Å²) in [5.41, 5.74) is 0. The molecule has 0 radical (unpaired) electrons. The predicted molar refractivity (Wildman–Crippen MR) is 62.3 cm³/mol. The summed E-state index contributed by atoms with van der Waals surface area (Å²) in [4.78, 5) is 14.3. The molecule has 0 aromatic heterocycles. The van der Waals surface area contributed by atoms with Gasteiger partial charge < -0.3 is 15.0 Å². The van der Waals surface area contributed by atoms with Crippen LogP contribution in [0.3, 0.4) is 0 Å². The van der Waals surface area contributed by atoms with Crippen molar-refractivity contribution in [3.8, 4) is 0 Å². The van der Waals surface area contributed by atoms with Gasteiger partial charge in [-0.05, 0) is 39.2 Å². The molecule has 0 bridgehead atoms. The van der Waals surface area contributed by atoms with Gasteiger partial charge in [0.15, 0.2) is 0 Å². The topological polar surface area (TPSA) is 41.6 Å². The third-order valence-electron chi connectivity index (χ3n) is 3.53. The Morgan fingerprint density at radius 2 is 2.31 bits per heavy atom. The molecule has 0 spiro atoms. The lowest BCUT2D eigenvalue weighted by atomic mass is 10.2. The fourth-order valence-electron chi connectivity index (χ4n) is 2.65. The number of amides is 1. The zero-order valence-corrected chi connectivity index (χ0v) is 10.1. The zero-order valence-electron chi connectivity index (χ0n) is 10.1. The second kappa shape index (κ2) is 5.64. The number of nitrogens with zero attached hydrogens (tertiary/aromatic N) is 1. The standard InChI is InChI=1S/C12H22N2O2/c1-2-16-9-10-5-4-8-14(10)12(15)11-6-3-7-13-11/h10-11,13H,2-9H2,1H3/t10-,11-/m0/s1. The fourth-order valence-corrected chi connectivity index (χ4v) is 2.65. The minimum Gasteiger partial charge on any atom is -0.380 e. The molecule has 4 heteroatoms. The summed E-state index contributed by atoms with van der Waals surface area (Å²) < 4.78 is 5.45. The maximum Gasteiger partial charge on any atom is 0.240 e. The summed E-state index contributed by atoms with van der Waals surface area (Å²) in [5.74, 6) is 0.291. The largest absolute Gasteiger partial charge is 0.380 e. The first-order valence-electron chi connectivity index (χ1n) is 6.44. The Kier molecular flexibility index (Phi) is 4.18. The number of nitrogens with one attached hydrogen (secondary N) is 1. The van der Waals surface area contributed by atoms with E-state index in [0.717, 1.165) is 45.4 Å². The van der Waals surface area contributed by atoms with E-state index in [1.54, 1.807) is 0 Å². The Morgan fingerprint density at radius 3 is 3.00 bits per heavy atom. The van der Waals surface area contributed by atoms with Crippen LogP contribution < -0.4 is 5.32 Å². The van der Waals surface area contributed by atoms with E-state index in [0.29, 0.717) is 18.6 Å². The van der Waals surface area contributed by atoms with Gasteiger partial charge in [-0.15, -0.1) is 0 Å². The molecule has 0 aromatic rings. The SMILES string of the molecule is CCOC[C@@H]1CCCN1C(=O)[C@@H]1CCCN1. The lowest BCUT2D eigenvalue weighted by molar-refractivity contribution is -0.135. The van der Waals surface area contributed by atoms with Crippen molar-refractivity contribution in [3.63, 3.8) is 0 Å². The normalized spacial score (nSPS) is 29.9. The summed E-state index contributed by atoms with van der Waals surface area (Å²) >= 11 is 0. The van der Waals surface area contributed by atoms with E-state index in [1.165, 1.54) is 0 Å². The molecule has 4 nitrogen and oxygen atoms in total. The molecule has 2 aliphatic rings. The van der Waals surface area contributed by atoms with Crippen LogP contribution in [0, 0.1) is 0 Å². The van der Waals surface area contributed by atoms with Crippen molar-refractivity contribution in [2.24, 2.45) is 0 Å². The Labute approximate surface area is 97.3 Å². The first-order valence-corrected chi connectivity index (χ1v) is 6.44. The number of likely N-dealkylation sites (tertiary alicyclic amines) is 1. The molecular weight excluding hydrogens is 204 g/mol. The summed E-state index contributed by atoms with van der Waals surface area (Å²) in [7, 11) is 0. The Bertz CT molecular complexity index is 239. The van der Waals surface area contributed by atoms with Gasteiger partial charge in [0.05, 0.1) is 18.7 Å². The van der Waals surface area contributed by atoms with Crippen LogP contribution >= 0.6 is 0 Å². The van der Waals surface area contributed by atoms with Crippen LogP contribution in [0.2, 0.25) is 0 Å². The molecule has 0 saturated carbocycles. The number of carbonyl (C=O) groups is 1. The van der Waals surface area contributed by atoms with Gasteiger partial charge in [-0.25, -0.2) is 0 Å². The molecule has 2 aliphatic heterocycles. The third-order valence-corrected chi connectivity index (χ3v) is 3.53. The smallest absolute Gasteiger partial charge is 0.240 e. The van der Waals surface area contributed by atoms with Gasteiger partial charge in [-0.3, -0.25) is 4.79 Å². The van der Waals surface area contributed by atoms with Crippen molar-refractivity contribution in [2.45, 2.75) is 44.7 Å². The number of hydrogen-bond donors (Lipinski definition) is 1. The second-order valence-corrected chi connectivity index (χ2v) is 4.64. The predicted octanol–water partition coefficient (Wildman–Crippen LogP) is 0.766. The first-order chi connectivity index (χ1) is 7.83. The first kappa shape index (κ1) is 11.9. The average Bonchev–Trinajstić information content (AvgIpc) is 2.96. The highest BCUT2D eigenvalue weighted by Crippen LogP contribution is 2.20. The molecule has 16 heavy (non-hydrogen) atoms. The van der Waals surface area contributed by atoms with Crippen molar-refractivity contribution < 1.29 is 9.53 Å². The second-order valence-electron chi connectivity index (χ2n) is 4.64. The van der Waals surface area contributed by atoms with E-state index in [9.17, 15) is 4.79 Å². The van der Waals surface area contributed by atoms with Crippen molar-refractivity contribution in [1.82, 2.24) is 10.2 Å². The van der Waals surface area contributed by atoms with Crippen molar-refractivity contribution in [3.05, 3.63) is 0 Å². The number of hydrogen-bond acceptors (Lipinski definition) is 3. The highest BCUT2D eigenvalue weighted by molar-refractivity contribution is 5.82. The Balaban J connectivity index is 1.88. The van der Waals surface area contributed by atoms with Gasteiger partial charge in [-0.2, -0.15) is 0 Å². The zero-order chi connectivity index (χ0) is 11.4. The van der Waals surface area contributed by atoms with E-state index in [4.69, 9.17) is 4.74 Å². The summed E-state index contributed by atoms with van der Waals surface area (Å²) in [6, 6.07) is 0.386. The molecule has 1 amide bonds. The monoisotopic (exact) mass is 226 g/mol. The van der Waals surface area contributed by atoms with Crippen LogP contribution in [-0.2, 0) is 9.53 Å². The van der Waals surface area contributed by atoms with E-state index >= 15 is 0 Å². The van der Waals surface area contributed by atoms with E-state index in [1.807, 2.05) is 11.8 Å². The maximum atomic E-state index is 12.2. The van der Waals surface area contributed by atoms with Crippen LogP contribution in [0.4, 0.5) is 0 Å². The lowest BCUT2D eigenvalue weighted by Gasteiger charge is -2.27. The Morgan fingerprint density at radius 1 is 1.44 bits per heavy atom. The molecule has 0 unspecified atom stereocenters. The summed E-state index contributed by atoms with van der Waals surface area (Å²) in [6.45, 7) is 5.34. The maximum absolute atomic E-state index is 12.2. The van der Waals surface area contributed by atoms with E-state index in [-0.39, 0.29) is 6.04 Å². The molecule has 2 heterocycles. The van der Waals surface area contributed by atoms with Crippen molar-refractivity contribution in [1.29, 1.82) is 0 Å².